The molecule has 160 valence electrons. The van der Waals surface area contributed by atoms with Gasteiger partial charge in [-0.2, -0.15) is 5.26 Å². The zero-order valence-corrected chi connectivity index (χ0v) is 16.9. The van der Waals surface area contributed by atoms with E-state index in [1.165, 1.54) is 6.92 Å². The molecule has 0 aliphatic carbocycles. The van der Waals surface area contributed by atoms with Crippen molar-refractivity contribution in [3.05, 3.63) is 47.5 Å². The maximum absolute atomic E-state index is 10.6. The highest BCUT2D eigenvalue weighted by Gasteiger charge is 2.53. The molecule has 8 heteroatoms. The highest BCUT2D eigenvalue weighted by Crippen LogP contribution is 2.36. The Morgan fingerprint density at radius 3 is 2.47 bits per heavy atom. The van der Waals surface area contributed by atoms with Gasteiger partial charge in [0.1, 0.15) is 29.8 Å². The number of ether oxygens (including phenoxy) is 3. The van der Waals surface area contributed by atoms with Crippen molar-refractivity contribution >= 4 is 0 Å². The zero-order valence-electron chi connectivity index (χ0n) is 16.9. The lowest BCUT2D eigenvalue weighted by Gasteiger charge is -2.45. The molecule has 0 bridgehead atoms. The molecule has 0 spiro atoms. The number of aliphatic hydroxyl groups is 4. The predicted molar refractivity (Wildman–Crippen MR) is 107 cm³/mol. The lowest BCUT2D eigenvalue weighted by atomic mass is 9.88. The molecule has 8 nitrogen and oxygen atoms in total. The monoisotopic (exact) mass is 415 g/mol. The Bertz CT molecular complexity index is 953. The van der Waals surface area contributed by atoms with Crippen molar-refractivity contribution < 1.29 is 34.6 Å². The summed E-state index contributed by atoms with van der Waals surface area (Å²) in [7, 11) is 1.55. The first kappa shape index (κ1) is 22.0. The van der Waals surface area contributed by atoms with Crippen LogP contribution in [-0.4, -0.2) is 64.3 Å². The average molecular weight is 415 g/mol. The Morgan fingerprint density at radius 1 is 1.17 bits per heavy atom. The second-order valence-corrected chi connectivity index (χ2v) is 7.48. The first-order chi connectivity index (χ1) is 14.2. The van der Waals surface area contributed by atoms with Crippen LogP contribution in [0, 0.1) is 18.3 Å². The van der Waals surface area contributed by atoms with Gasteiger partial charge in [0.2, 0.25) is 6.29 Å². The van der Waals surface area contributed by atoms with Gasteiger partial charge < -0.3 is 34.6 Å². The minimum absolute atomic E-state index is 0.389. The van der Waals surface area contributed by atoms with E-state index in [0.717, 1.165) is 11.1 Å². The summed E-state index contributed by atoms with van der Waals surface area (Å²) < 4.78 is 16.7. The van der Waals surface area contributed by atoms with Gasteiger partial charge in [0.05, 0.1) is 25.3 Å². The second-order valence-electron chi connectivity index (χ2n) is 7.48. The standard InChI is InChI=1S/C22H25NO7/c1-12-8-14(15-9-13(10-23)4-6-17(15)28-3)5-7-16(12)29-21-22(2,27)20(26)19(25)18(11-24)30-21/h4-9,18-21,24-27H,11H2,1-3H3/t18?,19-,20?,21+,22+/m1/s1. The van der Waals surface area contributed by atoms with E-state index in [1.54, 1.807) is 44.4 Å². The molecule has 4 N–H and O–H groups in total. The van der Waals surface area contributed by atoms with Crippen LogP contribution in [0.4, 0.5) is 0 Å². The number of rotatable bonds is 5. The van der Waals surface area contributed by atoms with Crippen LogP contribution >= 0.6 is 0 Å². The Labute approximate surface area is 174 Å². The molecule has 3 rings (SSSR count). The number of aryl methyl sites for hydroxylation is 1. The van der Waals surface area contributed by atoms with Crippen LogP contribution in [0.5, 0.6) is 11.5 Å². The molecule has 1 heterocycles. The highest BCUT2D eigenvalue weighted by atomic mass is 16.7. The number of aliphatic hydroxyl groups excluding tert-OH is 3. The van der Waals surface area contributed by atoms with Gasteiger partial charge in [-0.1, -0.05) is 6.07 Å². The molecule has 0 amide bonds. The average Bonchev–Trinajstić information content (AvgIpc) is 2.75. The third-order valence-corrected chi connectivity index (χ3v) is 5.31. The summed E-state index contributed by atoms with van der Waals surface area (Å²) in [5, 5.41) is 49.4. The number of hydrogen-bond acceptors (Lipinski definition) is 8. The first-order valence-electron chi connectivity index (χ1n) is 9.43. The summed E-state index contributed by atoms with van der Waals surface area (Å²) in [5.41, 5.74) is 0.843. The molecule has 2 unspecified atom stereocenters. The van der Waals surface area contributed by atoms with Gasteiger partial charge in [0.25, 0.3) is 0 Å². The molecular weight excluding hydrogens is 390 g/mol. The molecule has 1 aliphatic rings. The van der Waals surface area contributed by atoms with Crippen molar-refractivity contribution in [3.63, 3.8) is 0 Å². The fourth-order valence-electron chi connectivity index (χ4n) is 3.43. The van der Waals surface area contributed by atoms with Crippen LogP contribution in [0.1, 0.15) is 18.1 Å². The molecule has 0 saturated carbocycles. The Morgan fingerprint density at radius 2 is 1.87 bits per heavy atom. The lowest BCUT2D eigenvalue weighted by molar-refractivity contribution is -0.314. The van der Waals surface area contributed by atoms with Crippen LogP contribution in [0.15, 0.2) is 36.4 Å². The van der Waals surface area contributed by atoms with Crippen LogP contribution in [-0.2, 0) is 4.74 Å². The smallest absolute Gasteiger partial charge is 0.231 e. The molecule has 1 fully saturated rings. The van der Waals surface area contributed by atoms with Crippen molar-refractivity contribution in [2.45, 2.75) is 44.1 Å². The van der Waals surface area contributed by atoms with Crippen LogP contribution in [0.25, 0.3) is 11.1 Å². The van der Waals surface area contributed by atoms with Gasteiger partial charge in [-0.15, -0.1) is 0 Å². The molecular formula is C22H25NO7. The van der Waals surface area contributed by atoms with E-state index >= 15 is 0 Å². The zero-order chi connectivity index (χ0) is 22.1. The summed E-state index contributed by atoms with van der Waals surface area (Å²) in [4.78, 5) is 0. The maximum Gasteiger partial charge on any atom is 0.231 e. The Hall–Kier alpha value is -2.67. The van der Waals surface area contributed by atoms with E-state index in [-0.39, 0.29) is 0 Å². The van der Waals surface area contributed by atoms with Gasteiger partial charge in [0, 0.05) is 5.56 Å². The molecule has 5 atom stereocenters. The predicted octanol–water partition coefficient (Wildman–Crippen LogP) is 1.11. The van der Waals surface area contributed by atoms with Gasteiger partial charge >= 0.3 is 0 Å². The molecule has 30 heavy (non-hydrogen) atoms. The van der Waals surface area contributed by atoms with Crippen molar-refractivity contribution in [2.24, 2.45) is 0 Å². The summed E-state index contributed by atoms with van der Waals surface area (Å²) in [6.45, 7) is 2.55. The van der Waals surface area contributed by atoms with Gasteiger partial charge in [-0.3, -0.25) is 0 Å². The summed E-state index contributed by atoms with van der Waals surface area (Å²) >= 11 is 0. The van der Waals surface area contributed by atoms with E-state index in [9.17, 15) is 25.7 Å². The van der Waals surface area contributed by atoms with E-state index in [2.05, 4.69) is 6.07 Å². The minimum atomic E-state index is -1.90. The molecule has 2 aromatic rings. The number of nitrogens with zero attached hydrogens (tertiary/aromatic N) is 1. The molecule has 0 aromatic heterocycles. The van der Waals surface area contributed by atoms with Crippen LogP contribution in [0.3, 0.4) is 0 Å². The van der Waals surface area contributed by atoms with Gasteiger partial charge in [0.15, 0.2) is 5.60 Å². The third-order valence-electron chi connectivity index (χ3n) is 5.31. The molecule has 1 aliphatic heterocycles. The third kappa shape index (κ3) is 3.99. The number of benzene rings is 2. The van der Waals surface area contributed by atoms with Gasteiger partial charge in [-0.25, -0.2) is 0 Å². The quantitative estimate of drug-likeness (QED) is 0.571. The normalized spacial score (nSPS) is 28.6. The summed E-state index contributed by atoms with van der Waals surface area (Å²) in [6, 6.07) is 12.5. The summed E-state index contributed by atoms with van der Waals surface area (Å²) in [6.07, 6.45) is -5.42. The summed E-state index contributed by atoms with van der Waals surface area (Å²) in [5.74, 6) is 1.00. The SMILES string of the molecule is COc1ccc(C#N)cc1-c1ccc(O[C@H]2OC(CO)[C@@H](O)C(O)[C@]2(C)O)c(C)c1. The Balaban J connectivity index is 1.91. The van der Waals surface area contributed by atoms with E-state index in [4.69, 9.17) is 14.2 Å². The van der Waals surface area contributed by atoms with Crippen molar-refractivity contribution in [3.8, 4) is 28.7 Å². The second kappa shape index (κ2) is 8.60. The number of nitriles is 1. The van der Waals surface area contributed by atoms with Gasteiger partial charge in [-0.05, 0) is 55.3 Å². The highest BCUT2D eigenvalue weighted by molar-refractivity contribution is 5.73. The maximum atomic E-state index is 10.6. The van der Waals surface area contributed by atoms with Crippen molar-refractivity contribution in [1.82, 2.24) is 0 Å². The topological polar surface area (TPSA) is 132 Å². The molecule has 0 radical (unpaired) electrons. The lowest BCUT2D eigenvalue weighted by Crippen LogP contribution is -2.66. The number of methoxy groups -OCH3 is 1. The van der Waals surface area contributed by atoms with Crippen molar-refractivity contribution in [1.29, 1.82) is 5.26 Å². The molecule has 1 saturated heterocycles. The minimum Gasteiger partial charge on any atom is -0.496 e. The van der Waals surface area contributed by atoms with Crippen LogP contribution in [0.2, 0.25) is 0 Å². The van der Waals surface area contributed by atoms with E-state index in [1.807, 2.05) is 6.07 Å². The number of hydrogen-bond donors (Lipinski definition) is 4. The van der Waals surface area contributed by atoms with E-state index in [0.29, 0.717) is 22.6 Å². The fraction of sp³-hybridized carbons (Fsp3) is 0.409. The Kier molecular flexibility index (Phi) is 6.31. The van der Waals surface area contributed by atoms with Crippen molar-refractivity contribution in [2.75, 3.05) is 13.7 Å². The first-order valence-corrected chi connectivity index (χ1v) is 9.43. The van der Waals surface area contributed by atoms with E-state index < -0.39 is 36.8 Å². The largest absolute Gasteiger partial charge is 0.496 e. The molecule has 2 aromatic carbocycles. The van der Waals surface area contributed by atoms with Crippen LogP contribution < -0.4 is 9.47 Å². The fourth-order valence-corrected chi connectivity index (χ4v) is 3.43.